The van der Waals surface area contributed by atoms with E-state index in [4.69, 9.17) is 14.6 Å². The third kappa shape index (κ3) is 3.76. The second-order valence-corrected chi connectivity index (χ2v) is 5.98. The molecule has 1 aromatic rings. The molecule has 0 spiro atoms. The summed E-state index contributed by atoms with van der Waals surface area (Å²) in [6, 6.07) is 1.75. The van der Waals surface area contributed by atoms with Gasteiger partial charge in [0, 0.05) is 26.7 Å². The van der Waals surface area contributed by atoms with E-state index < -0.39 is 5.97 Å². The van der Waals surface area contributed by atoms with Gasteiger partial charge in [-0.1, -0.05) is 0 Å². The zero-order valence-electron chi connectivity index (χ0n) is 11.2. The molecule has 0 aromatic carbocycles. The second kappa shape index (κ2) is 6.00. The number of methoxy groups -OCH3 is 1. The van der Waals surface area contributed by atoms with Crippen LogP contribution < -0.4 is 0 Å². The van der Waals surface area contributed by atoms with Gasteiger partial charge in [-0.05, 0) is 23.9 Å². The summed E-state index contributed by atoms with van der Waals surface area (Å²) in [5.74, 6) is -0.859. The average molecular weight is 285 g/mol. The molecule has 0 aliphatic carbocycles. The van der Waals surface area contributed by atoms with Gasteiger partial charge in [-0.2, -0.15) is 0 Å². The molecule has 0 radical (unpaired) electrons. The van der Waals surface area contributed by atoms with Crippen molar-refractivity contribution < 1.29 is 19.4 Å². The molecule has 106 valence electrons. The number of carboxylic acid groups (broad SMARTS) is 1. The van der Waals surface area contributed by atoms with Crippen molar-refractivity contribution in [3.05, 3.63) is 21.9 Å². The Hall–Kier alpha value is -0.950. The zero-order valence-corrected chi connectivity index (χ0v) is 12.0. The van der Waals surface area contributed by atoms with Gasteiger partial charge in [0.05, 0.1) is 13.2 Å². The number of hydrogen-bond acceptors (Lipinski definition) is 5. The zero-order chi connectivity index (χ0) is 13.9. The summed E-state index contributed by atoms with van der Waals surface area (Å²) in [6.07, 6.45) is 0. The topological polar surface area (TPSA) is 59.0 Å². The van der Waals surface area contributed by atoms with Crippen LogP contribution in [-0.2, 0) is 16.0 Å². The van der Waals surface area contributed by atoms with Gasteiger partial charge in [0.1, 0.15) is 10.5 Å². The highest BCUT2D eigenvalue weighted by Gasteiger charge is 2.32. The summed E-state index contributed by atoms with van der Waals surface area (Å²) in [5, 5.41) is 10.8. The van der Waals surface area contributed by atoms with Gasteiger partial charge >= 0.3 is 5.97 Å². The normalized spacial score (nSPS) is 24.5. The lowest BCUT2D eigenvalue weighted by atomic mass is 10.1. The fraction of sp³-hybridized carbons (Fsp3) is 0.615. The predicted octanol–water partition coefficient (Wildman–Crippen LogP) is 1.68. The van der Waals surface area contributed by atoms with Crippen LogP contribution in [0.4, 0.5) is 0 Å². The Morgan fingerprint density at radius 2 is 2.47 bits per heavy atom. The summed E-state index contributed by atoms with van der Waals surface area (Å²) in [4.78, 5) is 13.5. The van der Waals surface area contributed by atoms with Crippen LogP contribution >= 0.6 is 11.3 Å². The highest BCUT2D eigenvalue weighted by molar-refractivity contribution is 7.12. The summed E-state index contributed by atoms with van der Waals surface area (Å²) >= 11 is 1.27. The average Bonchev–Trinajstić information content (AvgIpc) is 2.77. The quantitative estimate of drug-likeness (QED) is 0.892. The molecule has 2 heterocycles. The maximum Gasteiger partial charge on any atom is 0.345 e. The van der Waals surface area contributed by atoms with E-state index in [0.717, 1.165) is 25.2 Å². The molecule has 6 heteroatoms. The highest BCUT2D eigenvalue weighted by atomic mass is 32.1. The molecule has 1 aliphatic heterocycles. The van der Waals surface area contributed by atoms with Crippen LogP contribution in [0.25, 0.3) is 0 Å². The van der Waals surface area contributed by atoms with E-state index in [-0.39, 0.29) is 5.60 Å². The summed E-state index contributed by atoms with van der Waals surface area (Å²) in [5.41, 5.74) is 0.766. The van der Waals surface area contributed by atoms with Crippen LogP contribution in [0.2, 0.25) is 0 Å². The van der Waals surface area contributed by atoms with Crippen LogP contribution in [0.1, 0.15) is 22.2 Å². The molecule has 2 rings (SSSR count). The fourth-order valence-corrected chi connectivity index (χ4v) is 3.12. The smallest absolute Gasteiger partial charge is 0.345 e. The van der Waals surface area contributed by atoms with Gasteiger partial charge in [0.25, 0.3) is 0 Å². The number of carboxylic acids is 1. The molecule has 1 unspecified atom stereocenters. The number of hydrogen-bond donors (Lipinski definition) is 1. The lowest BCUT2D eigenvalue weighted by Gasteiger charge is -2.40. The minimum Gasteiger partial charge on any atom is -0.477 e. The van der Waals surface area contributed by atoms with Crippen LogP contribution in [0, 0.1) is 0 Å². The Morgan fingerprint density at radius 1 is 1.68 bits per heavy atom. The first-order valence-electron chi connectivity index (χ1n) is 6.18. The molecule has 0 amide bonds. The lowest BCUT2D eigenvalue weighted by Crippen LogP contribution is -2.52. The molecule has 0 saturated carbocycles. The molecule has 0 bridgehead atoms. The predicted molar refractivity (Wildman–Crippen MR) is 72.8 cm³/mol. The van der Waals surface area contributed by atoms with E-state index >= 15 is 0 Å². The van der Waals surface area contributed by atoms with E-state index in [1.165, 1.54) is 11.3 Å². The highest BCUT2D eigenvalue weighted by Crippen LogP contribution is 2.22. The maximum absolute atomic E-state index is 10.9. The number of carbonyl (C=O) groups is 1. The Bertz CT molecular complexity index is 444. The van der Waals surface area contributed by atoms with Gasteiger partial charge in [0.15, 0.2) is 0 Å². The van der Waals surface area contributed by atoms with Gasteiger partial charge in [-0.3, -0.25) is 4.90 Å². The summed E-state index contributed by atoms with van der Waals surface area (Å²) < 4.78 is 11.0. The van der Waals surface area contributed by atoms with Crippen molar-refractivity contribution in [1.82, 2.24) is 4.90 Å². The van der Waals surface area contributed by atoms with Crippen molar-refractivity contribution in [2.45, 2.75) is 19.1 Å². The number of morpholine rings is 1. The Balaban J connectivity index is 1.96. The van der Waals surface area contributed by atoms with Crippen molar-refractivity contribution in [3.8, 4) is 0 Å². The van der Waals surface area contributed by atoms with E-state index in [1.807, 2.05) is 12.3 Å². The molecular formula is C13H19NO4S. The van der Waals surface area contributed by atoms with E-state index in [9.17, 15) is 4.79 Å². The third-order valence-electron chi connectivity index (χ3n) is 3.14. The maximum atomic E-state index is 10.9. The van der Waals surface area contributed by atoms with Gasteiger partial charge in [0.2, 0.25) is 0 Å². The van der Waals surface area contributed by atoms with Crippen molar-refractivity contribution >= 4 is 17.3 Å². The Kier molecular flexibility index (Phi) is 4.57. The Labute approximate surface area is 116 Å². The number of ether oxygens (including phenoxy) is 2. The molecule has 5 nitrogen and oxygen atoms in total. The number of rotatable bonds is 5. The van der Waals surface area contributed by atoms with Crippen LogP contribution in [0.3, 0.4) is 0 Å². The summed E-state index contributed by atoms with van der Waals surface area (Å²) in [7, 11) is 1.67. The van der Waals surface area contributed by atoms with Crippen molar-refractivity contribution in [1.29, 1.82) is 0 Å². The third-order valence-corrected chi connectivity index (χ3v) is 4.10. The molecule has 1 atom stereocenters. The van der Waals surface area contributed by atoms with E-state index in [1.54, 1.807) is 13.2 Å². The standard InChI is InChI=1S/C13H19NO4S/c1-13(9-17-2)8-14(3-4-18-13)6-10-5-11(12(15)16)19-7-10/h5,7H,3-4,6,8-9H2,1-2H3,(H,15,16). The Morgan fingerprint density at radius 3 is 3.11 bits per heavy atom. The van der Waals surface area contributed by atoms with Gasteiger partial charge in [-0.15, -0.1) is 11.3 Å². The second-order valence-electron chi connectivity index (χ2n) is 5.07. The van der Waals surface area contributed by atoms with E-state index in [2.05, 4.69) is 4.90 Å². The van der Waals surface area contributed by atoms with Gasteiger partial charge in [-0.25, -0.2) is 4.79 Å². The molecule has 1 aliphatic rings. The SMILES string of the molecule is COCC1(C)CN(Cc2csc(C(=O)O)c2)CCO1. The number of thiophene rings is 1. The summed E-state index contributed by atoms with van der Waals surface area (Å²) in [6.45, 7) is 5.69. The van der Waals surface area contributed by atoms with E-state index in [0.29, 0.717) is 18.1 Å². The minimum atomic E-state index is -0.859. The lowest BCUT2D eigenvalue weighted by molar-refractivity contribution is -0.129. The largest absolute Gasteiger partial charge is 0.477 e. The molecule has 19 heavy (non-hydrogen) atoms. The monoisotopic (exact) mass is 285 g/mol. The van der Waals surface area contributed by atoms with Crippen molar-refractivity contribution in [3.63, 3.8) is 0 Å². The van der Waals surface area contributed by atoms with Crippen LogP contribution in [0.5, 0.6) is 0 Å². The van der Waals surface area contributed by atoms with Crippen molar-refractivity contribution in [2.24, 2.45) is 0 Å². The molecule has 1 fully saturated rings. The minimum absolute atomic E-state index is 0.279. The number of aromatic carboxylic acids is 1. The molecular weight excluding hydrogens is 266 g/mol. The number of nitrogens with zero attached hydrogens (tertiary/aromatic N) is 1. The first-order valence-corrected chi connectivity index (χ1v) is 7.06. The molecule has 1 N–H and O–H groups in total. The first-order chi connectivity index (χ1) is 9.02. The molecule has 1 saturated heterocycles. The first kappa shape index (κ1) is 14.5. The van der Waals surface area contributed by atoms with Gasteiger partial charge < -0.3 is 14.6 Å². The van der Waals surface area contributed by atoms with Crippen LogP contribution in [0.15, 0.2) is 11.4 Å². The molecule has 1 aromatic heterocycles. The fourth-order valence-electron chi connectivity index (χ4n) is 2.38. The van der Waals surface area contributed by atoms with Crippen molar-refractivity contribution in [2.75, 3.05) is 33.4 Å². The van der Waals surface area contributed by atoms with Crippen LogP contribution in [-0.4, -0.2) is 55.0 Å².